The van der Waals surface area contributed by atoms with Gasteiger partial charge in [-0.3, -0.25) is 52.7 Å². The zero-order valence-corrected chi connectivity index (χ0v) is 61.0. The van der Waals surface area contributed by atoms with Crippen LogP contribution in [0, 0.1) is 35.5 Å². The predicted molar refractivity (Wildman–Crippen MR) is 358 cm³/mol. The number of amides is 11. The molecule has 11 amide bonds. The molecule has 7 N–H and O–H groups in total. The van der Waals surface area contributed by atoms with Gasteiger partial charge in [0.15, 0.2) is 0 Å². The molecular weight excluding hydrogens is 1200 g/mol. The van der Waals surface area contributed by atoms with Gasteiger partial charge in [0.2, 0.25) is 65.0 Å². The van der Waals surface area contributed by atoms with Gasteiger partial charge in [0.1, 0.15) is 66.5 Å². The summed E-state index contributed by atoms with van der Waals surface area (Å²) in [5, 5.41) is 44.8. The summed E-state index contributed by atoms with van der Waals surface area (Å²) in [4.78, 5) is 171. The Bertz CT molecular complexity index is 2520. The first-order valence-corrected chi connectivity index (χ1v) is 33.8. The number of rotatable bonds is 19. The Morgan fingerprint density at radius 2 is 0.913 bits per heavy atom. The summed E-state index contributed by atoms with van der Waals surface area (Å²) >= 11 is 1.13. The van der Waals surface area contributed by atoms with Crippen LogP contribution in [-0.4, -0.2) is 260 Å². The van der Waals surface area contributed by atoms with Crippen molar-refractivity contribution >= 4 is 76.7 Å². The molecule has 1 unspecified atom stereocenters. The van der Waals surface area contributed by atoms with Crippen molar-refractivity contribution in [1.82, 2.24) is 55.6 Å². The Morgan fingerprint density at radius 1 is 0.489 bits per heavy atom. The Balaban J connectivity index is 4.55. The normalized spacial score (nSPS) is 27.1. The van der Waals surface area contributed by atoms with Crippen molar-refractivity contribution in [3.8, 4) is 0 Å². The van der Waals surface area contributed by atoms with E-state index in [2.05, 4.69) is 21.3 Å². The van der Waals surface area contributed by atoms with Crippen LogP contribution in [0.4, 0.5) is 0 Å². The van der Waals surface area contributed by atoms with E-state index in [9.17, 15) is 39.3 Å². The molecule has 0 bridgehead atoms. The third-order valence-corrected chi connectivity index (χ3v) is 18.3. The Kier molecular flexibility index (Phi) is 34.7. The van der Waals surface area contributed by atoms with Crippen molar-refractivity contribution in [3.63, 3.8) is 0 Å². The molecule has 0 spiro atoms. The van der Waals surface area contributed by atoms with Gasteiger partial charge < -0.3 is 70.9 Å². The first-order valence-electron chi connectivity index (χ1n) is 32.7. The SMILES string of the molecule is CC=CC[C@@H](C)[C@@H](O)[C@H]1C(=O)N[C@@H](CC)C(=O)N(C)[C@@H](CSCC(C)O)C(=O)N(C)[C@@H](CC(C)(C)O)C(=O)N[C@@H](C(C)C)C(=O)N(C)[C@@H](CC(C)C)C(=O)N[C@@H](C)C(=O)N[C@H](C)C(=O)N(C)[C@@H](CC(C)C)C(=O)N(C)[C@@H](CC(C)C)C(=O)N(C)[C@@H](C(C)C)C(=O)N1C. The highest BCUT2D eigenvalue weighted by Crippen LogP contribution is 2.27. The Morgan fingerprint density at radius 3 is 1.37 bits per heavy atom. The van der Waals surface area contributed by atoms with Gasteiger partial charge in [-0.1, -0.05) is 95.2 Å². The molecule has 1 saturated heterocycles. The molecule has 1 heterocycles. The lowest BCUT2D eigenvalue weighted by atomic mass is 9.91. The van der Waals surface area contributed by atoms with E-state index in [1.165, 1.54) is 96.6 Å². The van der Waals surface area contributed by atoms with Gasteiger partial charge >= 0.3 is 0 Å². The topological polar surface area (TPSA) is 319 Å². The second kappa shape index (κ2) is 37.9. The van der Waals surface area contributed by atoms with Crippen molar-refractivity contribution in [2.75, 3.05) is 60.8 Å². The van der Waals surface area contributed by atoms with Crippen molar-refractivity contribution in [3.05, 3.63) is 12.2 Å². The third-order valence-electron chi connectivity index (χ3n) is 17.0. The minimum Gasteiger partial charge on any atom is -0.393 e. The number of nitrogens with zero attached hydrogens (tertiary/aromatic N) is 7. The number of carbonyl (C=O) groups excluding carboxylic acids is 11. The number of allylic oxidation sites excluding steroid dienone is 2. The number of aliphatic hydroxyl groups is 3. The van der Waals surface area contributed by atoms with Crippen molar-refractivity contribution in [2.45, 2.75) is 247 Å². The van der Waals surface area contributed by atoms with E-state index in [1.807, 2.05) is 41.5 Å². The zero-order chi connectivity index (χ0) is 71.5. The summed E-state index contributed by atoms with van der Waals surface area (Å²) in [6, 6.07) is -14.7. The number of carbonyl (C=O) groups is 11. The van der Waals surface area contributed by atoms with Gasteiger partial charge in [-0.2, -0.15) is 11.8 Å². The first kappa shape index (κ1) is 84.2. The minimum atomic E-state index is -1.68. The number of hydrogen-bond donors (Lipinski definition) is 7. The van der Waals surface area contributed by atoms with Crippen LogP contribution in [0.25, 0.3) is 0 Å². The van der Waals surface area contributed by atoms with Crippen LogP contribution >= 0.6 is 11.8 Å². The number of hydrogen-bond acceptors (Lipinski definition) is 15. The highest BCUT2D eigenvalue weighted by molar-refractivity contribution is 7.99. The van der Waals surface area contributed by atoms with E-state index in [1.54, 1.807) is 67.5 Å². The van der Waals surface area contributed by atoms with Crippen LogP contribution in [0.2, 0.25) is 0 Å². The van der Waals surface area contributed by atoms with Crippen LogP contribution in [0.1, 0.15) is 163 Å². The first-order chi connectivity index (χ1) is 42.3. The summed E-state index contributed by atoms with van der Waals surface area (Å²) in [5.74, 6) is -10.7. The smallest absolute Gasteiger partial charge is 0.246 e. The maximum atomic E-state index is 15.3. The lowest BCUT2D eigenvalue weighted by molar-refractivity contribution is -0.157. The third kappa shape index (κ3) is 24.2. The average molecular weight is 1320 g/mol. The Hall–Kier alpha value is -5.86. The largest absolute Gasteiger partial charge is 0.393 e. The van der Waals surface area contributed by atoms with E-state index in [4.69, 9.17) is 0 Å². The number of nitrogens with one attached hydrogen (secondary N) is 4. The number of likely N-dealkylation sites (N-methyl/N-ethyl adjacent to an activating group) is 7. The van der Waals surface area contributed by atoms with Gasteiger partial charge in [-0.15, -0.1) is 0 Å². The lowest BCUT2D eigenvalue weighted by Crippen LogP contribution is -2.64. The van der Waals surface area contributed by atoms with Crippen molar-refractivity contribution < 1.29 is 68.1 Å². The molecule has 0 aliphatic carbocycles. The molecule has 0 radical (unpaired) electrons. The molecule has 14 atom stereocenters. The molecule has 25 nitrogen and oxygen atoms in total. The number of thioether (sulfide) groups is 1. The van der Waals surface area contributed by atoms with Gasteiger partial charge in [0.25, 0.3) is 0 Å². The molecule has 0 aromatic rings. The molecule has 26 heteroatoms. The van der Waals surface area contributed by atoms with Gasteiger partial charge in [0.05, 0.1) is 17.8 Å². The fraction of sp³-hybridized carbons (Fsp3) is 0.803. The predicted octanol–water partition coefficient (Wildman–Crippen LogP) is 2.87. The zero-order valence-electron chi connectivity index (χ0n) is 60.2. The van der Waals surface area contributed by atoms with Crippen molar-refractivity contribution in [2.24, 2.45) is 35.5 Å². The van der Waals surface area contributed by atoms with E-state index in [0.29, 0.717) is 0 Å². The summed E-state index contributed by atoms with van der Waals surface area (Å²) in [5.41, 5.74) is -1.61. The summed E-state index contributed by atoms with van der Waals surface area (Å²) < 4.78 is 0. The second-order valence-corrected chi connectivity index (χ2v) is 29.2. The molecule has 1 aliphatic rings. The Labute approximate surface area is 554 Å². The molecule has 0 aromatic heterocycles. The molecule has 528 valence electrons. The van der Waals surface area contributed by atoms with Crippen LogP contribution in [0.15, 0.2) is 12.2 Å². The van der Waals surface area contributed by atoms with Crippen LogP contribution < -0.4 is 21.3 Å². The fourth-order valence-corrected chi connectivity index (χ4v) is 12.4. The van der Waals surface area contributed by atoms with E-state index in [0.717, 1.165) is 26.5 Å². The molecular formula is C66H119N11O14S. The standard InChI is InChI=1S/C66H119N11O14S/c1-26-28-29-41(13)54(79)53-58(83)69-45(27-2)60(85)75(23)50(35-92-34-42(14)78)63(88)74(22)49(33-66(17,18)91)57(82)70-51(39(9)10)64(89)71(19)46(30-36(3)4)56(81)67-43(15)55(80)68-44(16)59(84)72(20)47(31-37(5)6)61(86)73(21)48(32-38(7)8)62(87)76(24)52(40(11)12)65(90)77(53)25/h26,28,36-54,78-79,91H,27,29-35H2,1-25H3,(H,67,81)(H,68,80)(H,69,83)(H,70,82)/t41-,42?,43+,44-,45+,46+,47+,48+,49+,50+,51+,52+,53+,54-/m1/s1. The molecule has 0 aromatic carbocycles. The number of aliphatic hydroxyl groups excluding tert-OH is 2. The minimum absolute atomic E-state index is 0.0616. The molecule has 1 aliphatic heterocycles. The maximum absolute atomic E-state index is 15.3. The van der Waals surface area contributed by atoms with E-state index < -0.39 is 167 Å². The quantitative estimate of drug-likeness (QED) is 0.0915. The second-order valence-electron chi connectivity index (χ2n) is 28.1. The molecule has 1 fully saturated rings. The maximum Gasteiger partial charge on any atom is 0.246 e. The van der Waals surface area contributed by atoms with Gasteiger partial charge in [-0.05, 0) is 109 Å². The summed E-state index contributed by atoms with van der Waals surface area (Å²) in [7, 11) is 9.68. The fourth-order valence-electron chi connectivity index (χ4n) is 11.3. The molecule has 0 saturated carbocycles. The average Bonchev–Trinajstić information content (AvgIpc) is 0.830. The van der Waals surface area contributed by atoms with Crippen LogP contribution in [0.5, 0.6) is 0 Å². The van der Waals surface area contributed by atoms with Gasteiger partial charge in [0, 0.05) is 67.3 Å². The van der Waals surface area contributed by atoms with Gasteiger partial charge in [-0.25, -0.2) is 0 Å². The van der Waals surface area contributed by atoms with Crippen LogP contribution in [0.3, 0.4) is 0 Å². The highest BCUT2D eigenvalue weighted by Gasteiger charge is 2.47. The van der Waals surface area contributed by atoms with Crippen LogP contribution in [-0.2, 0) is 52.7 Å². The highest BCUT2D eigenvalue weighted by atomic mass is 32.2. The van der Waals surface area contributed by atoms with E-state index in [-0.39, 0.29) is 67.8 Å². The lowest BCUT2D eigenvalue weighted by Gasteiger charge is -2.41. The molecule has 1 rings (SSSR count). The monoisotopic (exact) mass is 1320 g/mol. The van der Waals surface area contributed by atoms with E-state index >= 15 is 28.8 Å². The molecule has 92 heavy (non-hydrogen) atoms. The van der Waals surface area contributed by atoms with Crippen molar-refractivity contribution in [1.29, 1.82) is 0 Å². The summed E-state index contributed by atoms with van der Waals surface area (Å²) in [6.07, 6.45) is 1.35. The summed E-state index contributed by atoms with van der Waals surface area (Å²) in [6.45, 7) is 30.2.